The molecule has 1 aliphatic carbocycles. The first-order valence-corrected chi connectivity index (χ1v) is 7.22. The first-order chi connectivity index (χ1) is 9.22. The van der Waals surface area contributed by atoms with Crippen LogP contribution in [0.5, 0.6) is 0 Å². The second kappa shape index (κ2) is 6.71. The van der Waals surface area contributed by atoms with Crippen molar-refractivity contribution < 1.29 is 4.79 Å². The van der Waals surface area contributed by atoms with Crippen LogP contribution in [-0.2, 0) is 11.2 Å². The van der Waals surface area contributed by atoms with Gasteiger partial charge in [-0.15, -0.1) is 0 Å². The molecular weight excluding hydrogens is 236 g/mol. The maximum atomic E-state index is 11.9. The van der Waals surface area contributed by atoms with Crippen molar-refractivity contribution in [2.24, 2.45) is 5.92 Å². The molecule has 19 heavy (non-hydrogen) atoms. The summed E-state index contributed by atoms with van der Waals surface area (Å²) in [6.07, 6.45) is 3.58. The Hall–Kier alpha value is -1.35. The molecule has 1 aromatic carbocycles. The van der Waals surface area contributed by atoms with Gasteiger partial charge in [-0.2, -0.15) is 0 Å². The molecular formula is C16H24N2O. The van der Waals surface area contributed by atoms with Crippen molar-refractivity contribution in [3.8, 4) is 0 Å². The van der Waals surface area contributed by atoms with E-state index < -0.39 is 0 Å². The number of carbonyl (C=O) groups excluding carboxylic acids is 1. The number of carbonyl (C=O) groups is 1. The minimum atomic E-state index is 0.0313. The lowest BCUT2D eigenvalue weighted by molar-refractivity contribution is -0.124. The molecule has 0 aromatic heterocycles. The van der Waals surface area contributed by atoms with Crippen LogP contribution in [0, 0.1) is 5.92 Å². The van der Waals surface area contributed by atoms with Gasteiger partial charge in [0.15, 0.2) is 0 Å². The van der Waals surface area contributed by atoms with Crippen LogP contribution >= 0.6 is 0 Å². The predicted molar refractivity (Wildman–Crippen MR) is 78.2 cm³/mol. The van der Waals surface area contributed by atoms with E-state index in [-0.39, 0.29) is 11.8 Å². The van der Waals surface area contributed by atoms with Crippen LogP contribution in [0.4, 0.5) is 0 Å². The Labute approximate surface area is 115 Å². The van der Waals surface area contributed by atoms with E-state index in [1.165, 1.54) is 30.4 Å². The summed E-state index contributed by atoms with van der Waals surface area (Å²) in [5.41, 5.74) is 2.88. The Morgan fingerprint density at radius 1 is 1.42 bits per heavy atom. The molecule has 0 bridgehead atoms. The summed E-state index contributed by atoms with van der Waals surface area (Å²) in [6, 6.07) is 8.63. The second-order valence-corrected chi connectivity index (χ2v) is 5.49. The largest absolute Gasteiger partial charge is 0.355 e. The maximum Gasteiger partial charge on any atom is 0.224 e. The lowest BCUT2D eigenvalue weighted by Crippen LogP contribution is -2.37. The van der Waals surface area contributed by atoms with Gasteiger partial charge in [-0.05, 0) is 37.4 Å². The summed E-state index contributed by atoms with van der Waals surface area (Å²) < 4.78 is 0. The molecule has 3 nitrogen and oxygen atoms in total. The van der Waals surface area contributed by atoms with Gasteiger partial charge in [0.25, 0.3) is 0 Å². The molecule has 0 saturated carbocycles. The number of benzene rings is 1. The third-order valence-corrected chi connectivity index (χ3v) is 3.97. The Kier molecular flexibility index (Phi) is 4.97. The monoisotopic (exact) mass is 260 g/mol. The van der Waals surface area contributed by atoms with Gasteiger partial charge in [0.1, 0.15) is 0 Å². The standard InChI is InChI=1S/C16H24N2O/c1-12(10-17-2)16(19)18-11-14-8-5-7-13-6-3-4-9-15(13)14/h3-4,6,9,12,14,17H,5,7-8,10-11H2,1-2H3,(H,18,19). The molecule has 0 aliphatic heterocycles. The molecule has 1 aromatic rings. The smallest absolute Gasteiger partial charge is 0.224 e. The molecule has 2 atom stereocenters. The number of amides is 1. The summed E-state index contributed by atoms with van der Waals surface area (Å²) in [5.74, 6) is 0.664. The average molecular weight is 260 g/mol. The van der Waals surface area contributed by atoms with Crippen molar-refractivity contribution in [2.75, 3.05) is 20.1 Å². The number of fused-ring (bicyclic) bond motifs is 1. The molecule has 104 valence electrons. The SMILES string of the molecule is CNCC(C)C(=O)NCC1CCCc2ccccc21. The summed E-state index contributed by atoms with van der Waals surface area (Å²) in [4.78, 5) is 11.9. The third kappa shape index (κ3) is 3.57. The van der Waals surface area contributed by atoms with Gasteiger partial charge >= 0.3 is 0 Å². The number of nitrogens with one attached hydrogen (secondary N) is 2. The molecule has 3 heteroatoms. The molecule has 2 unspecified atom stereocenters. The summed E-state index contributed by atoms with van der Waals surface area (Å²) in [7, 11) is 1.88. The van der Waals surface area contributed by atoms with E-state index in [9.17, 15) is 4.79 Å². The highest BCUT2D eigenvalue weighted by molar-refractivity contribution is 5.78. The second-order valence-electron chi connectivity index (χ2n) is 5.49. The van der Waals surface area contributed by atoms with E-state index in [1.807, 2.05) is 14.0 Å². The number of hydrogen-bond acceptors (Lipinski definition) is 2. The van der Waals surface area contributed by atoms with Crippen LogP contribution in [0.15, 0.2) is 24.3 Å². The summed E-state index contributed by atoms with van der Waals surface area (Å²) in [6.45, 7) is 3.46. The quantitative estimate of drug-likeness (QED) is 0.851. The van der Waals surface area contributed by atoms with Crippen molar-refractivity contribution >= 4 is 5.91 Å². The maximum absolute atomic E-state index is 11.9. The fourth-order valence-corrected chi connectivity index (χ4v) is 2.86. The van der Waals surface area contributed by atoms with Crippen LogP contribution in [0.3, 0.4) is 0 Å². The van der Waals surface area contributed by atoms with Crippen LogP contribution < -0.4 is 10.6 Å². The van der Waals surface area contributed by atoms with Crippen LogP contribution in [0.25, 0.3) is 0 Å². The van der Waals surface area contributed by atoms with Gasteiger partial charge in [0, 0.05) is 24.9 Å². The molecule has 2 rings (SSSR count). The van der Waals surface area contributed by atoms with Gasteiger partial charge in [-0.3, -0.25) is 4.79 Å². The molecule has 1 amide bonds. The van der Waals surface area contributed by atoms with E-state index in [4.69, 9.17) is 0 Å². The fourth-order valence-electron chi connectivity index (χ4n) is 2.86. The van der Waals surface area contributed by atoms with E-state index in [1.54, 1.807) is 0 Å². The normalized spacial score (nSPS) is 19.6. The zero-order valence-corrected chi connectivity index (χ0v) is 11.9. The van der Waals surface area contributed by atoms with Crippen LogP contribution in [0.1, 0.15) is 36.8 Å². The van der Waals surface area contributed by atoms with E-state index >= 15 is 0 Å². The van der Waals surface area contributed by atoms with E-state index in [0.29, 0.717) is 5.92 Å². The van der Waals surface area contributed by atoms with Crippen molar-refractivity contribution in [3.05, 3.63) is 35.4 Å². The predicted octanol–water partition coefficient (Wildman–Crippen LogP) is 2.08. The third-order valence-electron chi connectivity index (χ3n) is 3.97. The zero-order valence-electron chi connectivity index (χ0n) is 11.9. The lowest BCUT2D eigenvalue weighted by atomic mass is 9.83. The highest BCUT2D eigenvalue weighted by atomic mass is 16.1. The van der Waals surface area contributed by atoms with Gasteiger partial charge < -0.3 is 10.6 Å². The molecule has 0 saturated heterocycles. The summed E-state index contributed by atoms with van der Waals surface area (Å²) in [5, 5.41) is 6.14. The zero-order chi connectivity index (χ0) is 13.7. The molecule has 0 heterocycles. The topological polar surface area (TPSA) is 41.1 Å². The van der Waals surface area contributed by atoms with Crippen LogP contribution in [-0.4, -0.2) is 26.0 Å². The van der Waals surface area contributed by atoms with Crippen LogP contribution in [0.2, 0.25) is 0 Å². The van der Waals surface area contributed by atoms with Crippen molar-refractivity contribution in [1.82, 2.24) is 10.6 Å². The Morgan fingerprint density at radius 3 is 3.00 bits per heavy atom. The first-order valence-electron chi connectivity index (χ1n) is 7.22. The highest BCUT2D eigenvalue weighted by Crippen LogP contribution is 2.30. The lowest BCUT2D eigenvalue weighted by Gasteiger charge is -2.26. The van der Waals surface area contributed by atoms with Crippen molar-refractivity contribution in [3.63, 3.8) is 0 Å². The molecule has 0 fully saturated rings. The van der Waals surface area contributed by atoms with Gasteiger partial charge in [0.05, 0.1) is 0 Å². The Bertz CT molecular complexity index is 431. The van der Waals surface area contributed by atoms with Gasteiger partial charge in [0.2, 0.25) is 5.91 Å². The van der Waals surface area contributed by atoms with Gasteiger partial charge in [-0.25, -0.2) is 0 Å². The first kappa shape index (κ1) is 14.1. The number of aryl methyl sites for hydroxylation is 1. The van der Waals surface area contributed by atoms with E-state index in [2.05, 4.69) is 34.9 Å². The Morgan fingerprint density at radius 2 is 2.21 bits per heavy atom. The summed E-state index contributed by atoms with van der Waals surface area (Å²) >= 11 is 0. The number of rotatable bonds is 5. The van der Waals surface area contributed by atoms with Crippen molar-refractivity contribution in [2.45, 2.75) is 32.1 Å². The van der Waals surface area contributed by atoms with E-state index in [0.717, 1.165) is 13.1 Å². The highest BCUT2D eigenvalue weighted by Gasteiger charge is 2.21. The minimum Gasteiger partial charge on any atom is -0.355 e. The number of hydrogen-bond donors (Lipinski definition) is 2. The van der Waals surface area contributed by atoms with Crippen molar-refractivity contribution in [1.29, 1.82) is 0 Å². The molecule has 0 radical (unpaired) electrons. The molecule has 2 N–H and O–H groups in total. The fraction of sp³-hybridized carbons (Fsp3) is 0.562. The molecule has 1 aliphatic rings. The Balaban J connectivity index is 1.92. The molecule has 0 spiro atoms. The minimum absolute atomic E-state index is 0.0313. The van der Waals surface area contributed by atoms with Gasteiger partial charge in [-0.1, -0.05) is 31.2 Å². The average Bonchev–Trinajstić information content (AvgIpc) is 2.45.